The summed E-state index contributed by atoms with van der Waals surface area (Å²) in [5.41, 5.74) is 1.43. The Kier molecular flexibility index (Phi) is 7.30. The Balaban J connectivity index is 1.54. The van der Waals surface area contributed by atoms with E-state index in [4.69, 9.17) is 23.2 Å². The lowest BCUT2D eigenvalue weighted by Crippen LogP contribution is -2.36. The van der Waals surface area contributed by atoms with Crippen LogP contribution in [0.3, 0.4) is 0 Å². The molecule has 7 nitrogen and oxygen atoms in total. The van der Waals surface area contributed by atoms with Crippen LogP contribution < -0.4 is 5.32 Å². The van der Waals surface area contributed by atoms with Crippen molar-refractivity contribution >= 4 is 46.8 Å². The van der Waals surface area contributed by atoms with Gasteiger partial charge in [-0.15, -0.1) is 0 Å². The van der Waals surface area contributed by atoms with Gasteiger partial charge in [0.1, 0.15) is 5.92 Å². The second-order valence-electron chi connectivity index (χ2n) is 7.21. The summed E-state index contributed by atoms with van der Waals surface area (Å²) in [5.74, 6) is -4.30. The number of amides is 2. The van der Waals surface area contributed by atoms with E-state index < -0.39 is 29.5 Å². The number of carbonyl (C=O) groups is 4. The molecule has 1 atom stereocenters. The zero-order valence-electron chi connectivity index (χ0n) is 16.4. The molecule has 1 saturated heterocycles. The first-order valence-electron chi connectivity index (χ1n) is 9.64. The van der Waals surface area contributed by atoms with E-state index in [1.807, 2.05) is 6.07 Å². The molecule has 0 aromatic heterocycles. The molecule has 9 heteroatoms. The van der Waals surface area contributed by atoms with Crippen LogP contribution in [0.5, 0.6) is 0 Å². The minimum Gasteiger partial charge on any atom is -0.478 e. The van der Waals surface area contributed by atoms with Gasteiger partial charge in [-0.1, -0.05) is 47.5 Å². The second-order valence-corrected chi connectivity index (χ2v) is 8.02. The number of likely N-dealkylation sites (tertiary alicyclic amines) is 1. The van der Waals surface area contributed by atoms with Crippen molar-refractivity contribution in [1.29, 1.82) is 0 Å². The number of hydrogen-bond acceptors (Lipinski definition) is 4. The van der Waals surface area contributed by atoms with Crippen molar-refractivity contribution in [2.75, 3.05) is 13.1 Å². The molecule has 0 spiro atoms. The van der Waals surface area contributed by atoms with Gasteiger partial charge in [0.2, 0.25) is 11.7 Å². The molecule has 1 fully saturated rings. The average Bonchev–Trinajstić information content (AvgIpc) is 3.02. The molecule has 1 aliphatic heterocycles. The fraction of sp³-hybridized carbons (Fsp3) is 0.273. The third kappa shape index (κ3) is 5.42. The number of rotatable bonds is 8. The maximum atomic E-state index is 12.4. The van der Waals surface area contributed by atoms with Crippen molar-refractivity contribution in [3.63, 3.8) is 0 Å². The molecule has 162 valence electrons. The highest BCUT2D eigenvalue weighted by Gasteiger charge is 2.43. The fourth-order valence-electron chi connectivity index (χ4n) is 3.42. The van der Waals surface area contributed by atoms with Crippen LogP contribution in [0.25, 0.3) is 0 Å². The van der Waals surface area contributed by atoms with Gasteiger partial charge in [0.25, 0.3) is 5.91 Å². The number of carboxylic acid groups (broad SMARTS) is 1. The summed E-state index contributed by atoms with van der Waals surface area (Å²) >= 11 is 11.9. The van der Waals surface area contributed by atoms with Crippen molar-refractivity contribution < 1.29 is 24.3 Å². The molecule has 0 aliphatic carbocycles. The van der Waals surface area contributed by atoms with Crippen LogP contribution in [0.4, 0.5) is 0 Å². The largest absolute Gasteiger partial charge is 0.478 e. The van der Waals surface area contributed by atoms with Gasteiger partial charge in [0.15, 0.2) is 0 Å². The summed E-state index contributed by atoms with van der Waals surface area (Å²) in [6.45, 7) is 0.206. The maximum Gasteiger partial charge on any atom is 0.336 e. The van der Waals surface area contributed by atoms with Crippen LogP contribution in [0.15, 0.2) is 42.5 Å². The van der Waals surface area contributed by atoms with E-state index in [2.05, 4.69) is 5.32 Å². The first-order valence-corrected chi connectivity index (χ1v) is 10.4. The number of nitrogens with one attached hydrogen (secondary N) is 1. The second kappa shape index (κ2) is 9.94. The SMILES string of the molecule is O=C(O)c1ccccc1CN1CC(C(=O)NCCCc2ccc(Cl)c(Cl)c2)C(=O)C1=O. The molecule has 0 saturated carbocycles. The van der Waals surface area contributed by atoms with E-state index >= 15 is 0 Å². The Labute approximate surface area is 188 Å². The van der Waals surface area contributed by atoms with Gasteiger partial charge in [-0.2, -0.15) is 0 Å². The van der Waals surface area contributed by atoms with E-state index in [-0.39, 0.29) is 18.7 Å². The fourth-order valence-corrected chi connectivity index (χ4v) is 3.75. The number of aryl methyl sites for hydroxylation is 1. The van der Waals surface area contributed by atoms with Crippen LogP contribution >= 0.6 is 23.2 Å². The Morgan fingerprint density at radius 1 is 1.10 bits per heavy atom. The van der Waals surface area contributed by atoms with E-state index in [1.54, 1.807) is 30.3 Å². The number of ketones is 1. The number of hydrogen-bond donors (Lipinski definition) is 2. The number of carboxylic acids is 1. The molecule has 2 aromatic rings. The lowest BCUT2D eigenvalue weighted by molar-refractivity contribution is -0.142. The highest BCUT2D eigenvalue weighted by molar-refractivity contribution is 6.42. The summed E-state index contributed by atoms with van der Waals surface area (Å²) in [6, 6.07) is 11.6. The molecule has 0 radical (unpaired) electrons. The van der Waals surface area contributed by atoms with Crippen molar-refractivity contribution in [3.05, 3.63) is 69.2 Å². The number of benzene rings is 2. The van der Waals surface area contributed by atoms with Gasteiger partial charge in [-0.3, -0.25) is 14.4 Å². The van der Waals surface area contributed by atoms with Crippen molar-refractivity contribution in [1.82, 2.24) is 10.2 Å². The first-order chi connectivity index (χ1) is 14.8. The summed E-state index contributed by atoms with van der Waals surface area (Å²) in [5, 5.41) is 12.9. The van der Waals surface area contributed by atoms with Crippen molar-refractivity contribution in [3.8, 4) is 0 Å². The Morgan fingerprint density at radius 3 is 2.55 bits per heavy atom. The van der Waals surface area contributed by atoms with Gasteiger partial charge >= 0.3 is 5.97 Å². The lowest BCUT2D eigenvalue weighted by Gasteiger charge is -2.17. The molecule has 0 bridgehead atoms. The van der Waals surface area contributed by atoms with Crippen LogP contribution in [0, 0.1) is 5.92 Å². The third-order valence-corrected chi connectivity index (χ3v) is 5.81. The Bertz CT molecular complexity index is 1040. The molecule has 1 aliphatic rings. The minimum atomic E-state index is -1.12. The Morgan fingerprint density at radius 2 is 1.84 bits per heavy atom. The van der Waals surface area contributed by atoms with Gasteiger partial charge < -0.3 is 15.3 Å². The van der Waals surface area contributed by atoms with E-state index in [0.29, 0.717) is 35.0 Å². The van der Waals surface area contributed by atoms with Gasteiger partial charge in [0, 0.05) is 19.6 Å². The van der Waals surface area contributed by atoms with Crippen molar-refractivity contribution in [2.24, 2.45) is 5.92 Å². The molecule has 2 amide bonds. The van der Waals surface area contributed by atoms with E-state index in [0.717, 1.165) is 5.56 Å². The smallest absolute Gasteiger partial charge is 0.336 e. The summed E-state index contributed by atoms with van der Waals surface area (Å²) in [6.07, 6.45) is 1.28. The summed E-state index contributed by atoms with van der Waals surface area (Å²) < 4.78 is 0. The van der Waals surface area contributed by atoms with E-state index in [1.165, 1.54) is 11.0 Å². The molecule has 1 unspecified atom stereocenters. The number of aromatic carboxylic acids is 1. The predicted octanol–water partition coefficient (Wildman–Crippen LogP) is 2.97. The quantitative estimate of drug-likeness (QED) is 0.356. The van der Waals surface area contributed by atoms with Gasteiger partial charge in [0.05, 0.1) is 15.6 Å². The van der Waals surface area contributed by atoms with Crippen LogP contribution in [0.1, 0.15) is 27.9 Å². The molecule has 1 heterocycles. The highest BCUT2D eigenvalue weighted by atomic mass is 35.5. The normalized spacial score (nSPS) is 15.9. The molecule has 2 aromatic carbocycles. The van der Waals surface area contributed by atoms with Crippen molar-refractivity contribution in [2.45, 2.75) is 19.4 Å². The lowest BCUT2D eigenvalue weighted by atomic mass is 10.1. The third-order valence-electron chi connectivity index (χ3n) is 5.07. The van der Waals surface area contributed by atoms with Crippen LogP contribution in [-0.4, -0.2) is 46.7 Å². The number of Topliss-reactive ketones (excluding diaryl/α,β-unsaturated/α-hetero) is 1. The first kappa shape index (κ1) is 22.8. The maximum absolute atomic E-state index is 12.4. The van der Waals surface area contributed by atoms with Crippen LogP contribution in [0.2, 0.25) is 10.0 Å². The summed E-state index contributed by atoms with van der Waals surface area (Å²) in [7, 11) is 0. The van der Waals surface area contributed by atoms with Gasteiger partial charge in [-0.25, -0.2) is 4.79 Å². The highest BCUT2D eigenvalue weighted by Crippen LogP contribution is 2.23. The number of carbonyl (C=O) groups excluding carboxylic acids is 3. The average molecular weight is 463 g/mol. The predicted molar refractivity (Wildman–Crippen MR) is 115 cm³/mol. The molecule has 2 N–H and O–H groups in total. The standard InChI is InChI=1S/C22H20Cl2N2O5/c23-17-8-7-13(10-18(17)24)4-3-9-25-20(28)16-12-26(21(29)19(16)27)11-14-5-1-2-6-15(14)22(30)31/h1-2,5-8,10,16H,3-4,9,11-12H2,(H,25,28)(H,30,31). The topological polar surface area (TPSA) is 104 Å². The minimum absolute atomic E-state index is 0.0475. The zero-order valence-corrected chi connectivity index (χ0v) is 17.9. The monoisotopic (exact) mass is 462 g/mol. The number of nitrogens with zero attached hydrogens (tertiary/aromatic N) is 1. The number of halogens is 2. The van der Waals surface area contributed by atoms with Gasteiger partial charge in [-0.05, 0) is 42.2 Å². The Hall–Kier alpha value is -2.90. The summed E-state index contributed by atoms with van der Waals surface area (Å²) in [4.78, 5) is 49.6. The van der Waals surface area contributed by atoms with Crippen LogP contribution in [-0.2, 0) is 27.3 Å². The zero-order chi connectivity index (χ0) is 22.5. The molecule has 31 heavy (non-hydrogen) atoms. The van der Waals surface area contributed by atoms with E-state index in [9.17, 15) is 24.3 Å². The molecular formula is C22H20Cl2N2O5. The molecule has 3 rings (SSSR count). The molecular weight excluding hydrogens is 443 g/mol.